The van der Waals surface area contributed by atoms with Crippen molar-refractivity contribution in [2.75, 3.05) is 0 Å². The molecule has 0 spiro atoms. The molecule has 4 rings (SSSR count). The summed E-state index contributed by atoms with van der Waals surface area (Å²) in [7, 11) is 0. The second-order valence-electron chi connectivity index (χ2n) is 6.28. The summed E-state index contributed by atoms with van der Waals surface area (Å²) < 4.78 is 14.7. The number of fused-ring (bicyclic) bond motifs is 1. The van der Waals surface area contributed by atoms with E-state index in [1.807, 2.05) is 24.3 Å². The summed E-state index contributed by atoms with van der Waals surface area (Å²) in [6.07, 6.45) is 0.589. The molecule has 134 valence electrons. The zero-order valence-electron chi connectivity index (χ0n) is 14.1. The van der Waals surface area contributed by atoms with E-state index < -0.39 is 5.97 Å². The molecule has 1 N–H and O–H groups in total. The van der Waals surface area contributed by atoms with E-state index in [4.69, 9.17) is 11.6 Å². The lowest BCUT2D eigenvalue weighted by molar-refractivity contribution is 0.0697. The van der Waals surface area contributed by atoms with Gasteiger partial charge in [0.25, 0.3) is 0 Å². The van der Waals surface area contributed by atoms with Crippen molar-refractivity contribution in [3.8, 4) is 11.1 Å². The van der Waals surface area contributed by atoms with Gasteiger partial charge in [-0.05, 0) is 58.5 Å². The van der Waals surface area contributed by atoms with Gasteiger partial charge in [-0.15, -0.1) is 11.3 Å². The van der Waals surface area contributed by atoms with Gasteiger partial charge in [0, 0.05) is 21.0 Å². The molecule has 3 aromatic carbocycles. The molecule has 0 bridgehead atoms. The fourth-order valence-electron chi connectivity index (χ4n) is 3.16. The van der Waals surface area contributed by atoms with E-state index in [-0.39, 0.29) is 11.4 Å². The maximum Gasteiger partial charge on any atom is 0.335 e. The molecule has 0 unspecified atom stereocenters. The molecule has 0 aliphatic carbocycles. The highest BCUT2D eigenvalue weighted by Crippen LogP contribution is 2.36. The standard InChI is InChI=1S/C22H14ClFO2S/c23-17-7-13(8-18(24)12-17)9-19-11-15-4-2-6-20(21(15)27-19)14-3-1-5-16(10-14)22(25)26/h1-8,10-12H,9H2,(H,25,26). The van der Waals surface area contributed by atoms with Crippen LogP contribution in [0, 0.1) is 5.82 Å². The maximum absolute atomic E-state index is 13.6. The van der Waals surface area contributed by atoms with E-state index in [0.717, 1.165) is 31.7 Å². The van der Waals surface area contributed by atoms with E-state index in [0.29, 0.717) is 11.4 Å². The predicted octanol–water partition coefficient (Wildman–Crippen LogP) is 6.65. The first kappa shape index (κ1) is 17.7. The van der Waals surface area contributed by atoms with Gasteiger partial charge < -0.3 is 5.11 Å². The summed E-state index contributed by atoms with van der Waals surface area (Å²) in [4.78, 5) is 12.4. The number of aromatic carboxylic acids is 1. The van der Waals surface area contributed by atoms with Crippen LogP contribution in [0.15, 0.2) is 66.7 Å². The van der Waals surface area contributed by atoms with Crippen LogP contribution in [0.3, 0.4) is 0 Å². The number of benzene rings is 3. The normalized spacial score (nSPS) is 11.0. The van der Waals surface area contributed by atoms with Crippen molar-refractivity contribution >= 4 is 39.0 Å². The van der Waals surface area contributed by atoms with Gasteiger partial charge in [-0.3, -0.25) is 0 Å². The fourth-order valence-corrected chi connectivity index (χ4v) is 4.64. The molecule has 0 radical (unpaired) electrons. The van der Waals surface area contributed by atoms with Crippen LogP contribution < -0.4 is 0 Å². The van der Waals surface area contributed by atoms with Crippen molar-refractivity contribution in [3.05, 3.63) is 93.6 Å². The van der Waals surface area contributed by atoms with E-state index >= 15 is 0 Å². The van der Waals surface area contributed by atoms with Crippen molar-refractivity contribution in [2.45, 2.75) is 6.42 Å². The Morgan fingerprint density at radius 2 is 1.85 bits per heavy atom. The Kier molecular flexibility index (Phi) is 4.68. The molecule has 0 fully saturated rings. The van der Waals surface area contributed by atoms with Crippen LogP contribution in [0.2, 0.25) is 5.02 Å². The Bertz CT molecular complexity index is 1150. The largest absolute Gasteiger partial charge is 0.478 e. The fraction of sp³-hybridized carbons (Fsp3) is 0.0455. The molecule has 0 atom stereocenters. The lowest BCUT2D eigenvalue weighted by Crippen LogP contribution is -1.95. The maximum atomic E-state index is 13.6. The average molecular weight is 397 g/mol. The zero-order valence-corrected chi connectivity index (χ0v) is 15.7. The summed E-state index contributed by atoms with van der Waals surface area (Å²) in [6, 6.07) is 19.5. The third-order valence-electron chi connectivity index (χ3n) is 4.32. The third-order valence-corrected chi connectivity index (χ3v) is 5.72. The number of carbonyl (C=O) groups is 1. The van der Waals surface area contributed by atoms with Gasteiger partial charge in [-0.2, -0.15) is 0 Å². The molecule has 1 heterocycles. The Morgan fingerprint density at radius 1 is 1.04 bits per heavy atom. The Labute approximate surface area is 164 Å². The van der Waals surface area contributed by atoms with Crippen molar-refractivity contribution in [2.24, 2.45) is 0 Å². The first-order chi connectivity index (χ1) is 13.0. The van der Waals surface area contributed by atoms with Gasteiger partial charge in [0.1, 0.15) is 5.82 Å². The SMILES string of the molecule is O=C(O)c1cccc(-c2cccc3cc(Cc4cc(F)cc(Cl)c4)sc23)c1. The molecule has 0 saturated heterocycles. The molecule has 1 aromatic heterocycles. The van der Waals surface area contributed by atoms with E-state index in [1.54, 1.807) is 35.6 Å². The van der Waals surface area contributed by atoms with Crippen LogP contribution in [0.1, 0.15) is 20.8 Å². The Balaban J connectivity index is 1.76. The van der Waals surface area contributed by atoms with Crippen molar-refractivity contribution in [1.29, 1.82) is 0 Å². The van der Waals surface area contributed by atoms with Crippen LogP contribution in [0.5, 0.6) is 0 Å². The molecular formula is C22H14ClFO2S. The highest BCUT2D eigenvalue weighted by Gasteiger charge is 2.11. The predicted molar refractivity (Wildman–Crippen MR) is 108 cm³/mol. The van der Waals surface area contributed by atoms with Crippen LogP contribution in [0.25, 0.3) is 21.2 Å². The lowest BCUT2D eigenvalue weighted by atomic mass is 10.0. The molecule has 0 aliphatic rings. The number of carboxylic acids is 1. The Hall–Kier alpha value is -2.69. The third kappa shape index (κ3) is 3.72. The minimum absolute atomic E-state index is 0.260. The summed E-state index contributed by atoms with van der Waals surface area (Å²) in [5.74, 6) is -1.29. The molecule has 27 heavy (non-hydrogen) atoms. The van der Waals surface area contributed by atoms with Crippen LogP contribution in [0.4, 0.5) is 4.39 Å². The van der Waals surface area contributed by atoms with Crippen LogP contribution >= 0.6 is 22.9 Å². The minimum Gasteiger partial charge on any atom is -0.478 e. The second kappa shape index (κ2) is 7.14. The Morgan fingerprint density at radius 3 is 2.63 bits per heavy atom. The molecule has 5 heteroatoms. The zero-order chi connectivity index (χ0) is 19.0. The van der Waals surface area contributed by atoms with Crippen LogP contribution in [-0.2, 0) is 6.42 Å². The van der Waals surface area contributed by atoms with Gasteiger partial charge in [0.05, 0.1) is 5.56 Å². The molecule has 0 aliphatic heterocycles. The number of carboxylic acid groups (broad SMARTS) is 1. The molecular weight excluding hydrogens is 383 g/mol. The van der Waals surface area contributed by atoms with Gasteiger partial charge in [-0.1, -0.05) is 41.9 Å². The first-order valence-corrected chi connectivity index (χ1v) is 9.49. The van der Waals surface area contributed by atoms with Crippen molar-refractivity contribution in [3.63, 3.8) is 0 Å². The van der Waals surface area contributed by atoms with E-state index in [2.05, 4.69) is 6.07 Å². The van der Waals surface area contributed by atoms with Crippen LogP contribution in [-0.4, -0.2) is 11.1 Å². The van der Waals surface area contributed by atoms with Gasteiger partial charge in [0.2, 0.25) is 0 Å². The molecule has 0 saturated carbocycles. The lowest BCUT2D eigenvalue weighted by Gasteiger charge is -2.04. The summed E-state index contributed by atoms with van der Waals surface area (Å²) in [5.41, 5.74) is 2.93. The van der Waals surface area contributed by atoms with E-state index in [9.17, 15) is 14.3 Å². The van der Waals surface area contributed by atoms with Crippen molar-refractivity contribution < 1.29 is 14.3 Å². The van der Waals surface area contributed by atoms with E-state index in [1.165, 1.54) is 12.1 Å². The highest BCUT2D eigenvalue weighted by atomic mass is 35.5. The quantitative estimate of drug-likeness (QED) is 0.419. The first-order valence-electron chi connectivity index (χ1n) is 8.30. The number of rotatable bonds is 4. The summed E-state index contributed by atoms with van der Waals surface area (Å²) >= 11 is 7.58. The van der Waals surface area contributed by atoms with Gasteiger partial charge in [-0.25, -0.2) is 9.18 Å². The number of thiophene rings is 1. The number of hydrogen-bond donors (Lipinski definition) is 1. The number of halogens is 2. The molecule has 4 aromatic rings. The molecule has 2 nitrogen and oxygen atoms in total. The average Bonchev–Trinajstić information content (AvgIpc) is 3.03. The van der Waals surface area contributed by atoms with Gasteiger partial charge >= 0.3 is 5.97 Å². The summed E-state index contributed by atoms with van der Waals surface area (Å²) in [6.45, 7) is 0. The monoisotopic (exact) mass is 396 g/mol. The topological polar surface area (TPSA) is 37.3 Å². The second-order valence-corrected chi connectivity index (χ2v) is 7.85. The highest BCUT2D eigenvalue weighted by molar-refractivity contribution is 7.19. The molecule has 0 amide bonds. The summed E-state index contributed by atoms with van der Waals surface area (Å²) in [5, 5.41) is 10.7. The van der Waals surface area contributed by atoms with Gasteiger partial charge in [0.15, 0.2) is 0 Å². The van der Waals surface area contributed by atoms with Crippen molar-refractivity contribution in [1.82, 2.24) is 0 Å². The minimum atomic E-state index is -0.945. The smallest absolute Gasteiger partial charge is 0.335 e. The number of hydrogen-bond acceptors (Lipinski definition) is 2.